The van der Waals surface area contributed by atoms with Gasteiger partial charge in [-0.05, 0) is 24.3 Å². The minimum absolute atomic E-state index is 0.675. The van der Waals surface area contributed by atoms with E-state index in [1.807, 2.05) is 12.1 Å². The quantitative estimate of drug-likeness (QED) is 0.356. The van der Waals surface area contributed by atoms with Crippen molar-refractivity contribution in [3.63, 3.8) is 0 Å². The standard InChI is InChI=1S/C8H10ClN5S/c9-6-1-3-7(4-2-6)12-8(15)13-11-5-14(8)10/h1-5,12-13,15H,10H2. The third kappa shape index (κ3) is 2.11. The van der Waals surface area contributed by atoms with Crippen molar-refractivity contribution >= 4 is 36.3 Å². The number of halogens is 1. The van der Waals surface area contributed by atoms with Gasteiger partial charge in [0.2, 0.25) is 0 Å². The van der Waals surface area contributed by atoms with Gasteiger partial charge in [0.15, 0.2) is 0 Å². The maximum atomic E-state index is 5.77. The molecule has 5 nitrogen and oxygen atoms in total. The van der Waals surface area contributed by atoms with Gasteiger partial charge < -0.3 is 5.32 Å². The van der Waals surface area contributed by atoms with Crippen molar-refractivity contribution < 1.29 is 0 Å². The van der Waals surface area contributed by atoms with Gasteiger partial charge in [0, 0.05) is 10.7 Å². The highest BCUT2D eigenvalue weighted by atomic mass is 35.5. The first-order valence-corrected chi connectivity index (χ1v) is 5.03. The lowest BCUT2D eigenvalue weighted by atomic mass is 10.3. The van der Waals surface area contributed by atoms with Gasteiger partial charge in [-0.2, -0.15) is 5.10 Å². The first-order valence-electron chi connectivity index (χ1n) is 4.21. The molecule has 15 heavy (non-hydrogen) atoms. The molecule has 0 spiro atoms. The number of hydrogen-bond acceptors (Lipinski definition) is 6. The van der Waals surface area contributed by atoms with Crippen LogP contribution in [0.1, 0.15) is 0 Å². The summed E-state index contributed by atoms with van der Waals surface area (Å²) in [6.07, 6.45) is 1.44. The molecule has 4 N–H and O–H groups in total. The lowest BCUT2D eigenvalue weighted by Crippen LogP contribution is -2.56. The number of rotatable bonds is 2. The Morgan fingerprint density at radius 2 is 2.13 bits per heavy atom. The van der Waals surface area contributed by atoms with Crippen LogP contribution in [0.3, 0.4) is 0 Å². The molecule has 80 valence electrons. The van der Waals surface area contributed by atoms with Gasteiger partial charge in [-0.25, -0.2) is 10.9 Å². The molecule has 1 aliphatic heterocycles. The molecule has 0 fully saturated rings. The van der Waals surface area contributed by atoms with E-state index in [0.717, 1.165) is 5.69 Å². The maximum absolute atomic E-state index is 5.77. The molecule has 0 radical (unpaired) electrons. The van der Waals surface area contributed by atoms with Crippen LogP contribution >= 0.6 is 24.2 Å². The average molecular weight is 244 g/mol. The molecule has 0 aliphatic carbocycles. The van der Waals surface area contributed by atoms with Crippen LogP contribution < -0.4 is 16.6 Å². The van der Waals surface area contributed by atoms with E-state index in [9.17, 15) is 0 Å². The van der Waals surface area contributed by atoms with Gasteiger partial charge in [-0.15, -0.1) is 12.6 Å². The molecule has 0 aromatic heterocycles. The molecular weight excluding hydrogens is 234 g/mol. The smallest absolute Gasteiger partial charge is 0.264 e. The van der Waals surface area contributed by atoms with Crippen molar-refractivity contribution in [2.75, 3.05) is 5.32 Å². The number of hydrogen-bond donors (Lipinski definition) is 4. The van der Waals surface area contributed by atoms with Crippen molar-refractivity contribution in [2.24, 2.45) is 10.9 Å². The van der Waals surface area contributed by atoms with Crippen molar-refractivity contribution in [1.29, 1.82) is 0 Å². The molecule has 1 unspecified atom stereocenters. The van der Waals surface area contributed by atoms with Gasteiger partial charge in [0.25, 0.3) is 5.12 Å². The zero-order valence-electron chi connectivity index (χ0n) is 7.68. The highest BCUT2D eigenvalue weighted by Gasteiger charge is 2.33. The van der Waals surface area contributed by atoms with Gasteiger partial charge in [0.05, 0.1) is 0 Å². The second kappa shape index (κ2) is 3.80. The zero-order chi connectivity index (χ0) is 10.9. The van der Waals surface area contributed by atoms with E-state index in [1.54, 1.807) is 12.1 Å². The zero-order valence-corrected chi connectivity index (χ0v) is 9.33. The third-order valence-corrected chi connectivity index (χ3v) is 2.63. The summed E-state index contributed by atoms with van der Waals surface area (Å²) in [5.74, 6) is 5.65. The van der Waals surface area contributed by atoms with Crippen LogP contribution in [0.2, 0.25) is 5.02 Å². The molecule has 1 aliphatic rings. The first-order chi connectivity index (χ1) is 7.10. The SMILES string of the molecule is NN1C=NNC1(S)Nc1ccc(Cl)cc1. The Morgan fingerprint density at radius 3 is 2.67 bits per heavy atom. The maximum Gasteiger partial charge on any atom is 0.264 e. The number of thiol groups is 1. The number of nitrogens with zero attached hydrogens (tertiary/aromatic N) is 2. The molecule has 0 saturated carbocycles. The highest BCUT2D eigenvalue weighted by molar-refractivity contribution is 7.81. The van der Waals surface area contributed by atoms with E-state index in [2.05, 4.69) is 28.5 Å². The Bertz CT molecular complexity index is 381. The molecule has 0 amide bonds. The van der Waals surface area contributed by atoms with Gasteiger partial charge >= 0.3 is 0 Å². The predicted molar refractivity (Wildman–Crippen MR) is 64.4 cm³/mol. The molecular formula is C8H10ClN5S. The van der Waals surface area contributed by atoms with Crippen molar-refractivity contribution in [1.82, 2.24) is 10.4 Å². The number of nitrogens with two attached hydrogens (primary N) is 1. The van der Waals surface area contributed by atoms with Crippen LogP contribution in [0.4, 0.5) is 5.69 Å². The van der Waals surface area contributed by atoms with Crippen LogP contribution in [0.5, 0.6) is 0 Å². The van der Waals surface area contributed by atoms with Gasteiger partial charge in [-0.3, -0.25) is 5.43 Å². The fraction of sp³-hybridized carbons (Fsp3) is 0.125. The Kier molecular flexibility index (Phi) is 2.64. The third-order valence-electron chi connectivity index (χ3n) is 1.94. The molecule has 1 heterocycles. The summed E-state index contributed by atoms with van der Waals surface area (Å²) in [5, 5.41) is 7.95. The Labute approximate surface area is 97.6 Å². The van der Waals surface area contributed by atoms with Crippen LogP contribution in [0, 0.1) is 0 Å². The van der Waals surface area contributed by atoms with E-state index in [4.69, 9.17) is 17.4 Å². The second-order valence-electron chi connectivity index (χ2n) is 3.07. The van der Waals surface area contributed by atoms with E-state index in [-0.39, 0.29) is 0 Å². The lowest BCUT2D eigenvalue weighted by Gasteiger charge is -2.31. The topological polar surface area (TPSA) is 65.7 Å². The van der Waals surface area contributed by atoms with Crippen LogP contribution in [-0.4, -0.2) is 16.5 Å². The molecule has 1 aromatic carbocycles. The van der Waals surface area contributed by atoms with Crippen molar-refractivity contribution in [3.05, 3.63) is 29.3 Å². The predicted octanol–water partition coefficient (Wildman–Crippen LogP) is 1.02. The minimum Gasteiger partial charge on any atom is -0.335 e. The van der Waals surface area contributed by atoms with Crippen molar-refractivity contribution in [3.8, 4) is 0 Å². The summed E-state index contributed by atoms with van der Waals surface area (Å²) in [4.78, 5) is 0. The average Bonchev–Trinajstić information content (AvgIpc) is 2.51. The number of anilines is 1. The van der Waals surface area contributed by atoms with E-state index in [0.29, 0.717) is 5.02 Å². The van der Waals surface area contributed by atoms with Crippen LogP contribution in [0.15, 0.2) is 29.4 Å². The van der Waals surface area contributed by atoms with E-state index < -0.39 is 5.12 Å². The summed E-state index contributed by atoms with van der Waals surface area (Å²) < 4.78 is 0. The normalized spacial score (nSPS) is 24.1. The summed E-state index contributed by atoms with van der Waals surface area (Å²) in [7, 11) is 0. The fourth-order valence-corrected chi connectivity index (χ4v) is 1.51. The lowest BCUT2D eigenvalue weighted by molar-refractivity contribution is 0.311. The summed E-state index contributed by atoms with van der Waals surface area (Å²) in [5.41, 5.74) is 3.57. The number of benzene rings is 1. The second-order valence-corrected chi connectivity index (χ2v) is 4.15. The molecule has 1 atom stereocenters. The monoisotopic (exact) mass is 243 g/mol. The molecule has 0 bridgehead atoms. The highest BCUT2D eigenvalue weighted by Crippen LogP contribution is 2.21. The van der Waals surface area contributed by atoms with Crippen molar-refractivity contribution in [2.45, 2.75) is 5.12 Å². The van der Waals surface area contributed by atoms with Crippen LogP contribution in [-0.2, 0) is 0 Å². The fourth-order valence-electron chi connectivity index (χ4n) is 1.15. The Hall–Kier alpha value is -1.11. The van der Waals surface area contributed by atoms with Gasteiger partial charge in [-0.1, -0.05) is 11.6 Å². The number of nitrogens with one attached hydrogen (secondary N) is 2. The summed E-state index contributed by atoms with van der Waals surface area (Å²) >= 11 is 10.1. The summed E-state index contributed by atoms with van der Waals surface area (Å²) in [6, 6.07) is 7.21. The minimum atomic E-state index is -0.909. The largest absolute Gasteiger partial charge is 0.335 e. The first kappa shape index (κ1) is 10.4. The van der Waals surface area contributed by atoms with E-state index in [1.165, 1.54) is 11.3 Å². The molecule has 0 saturated heterocycles. The number of hydrazine groups is 1. The molecule has 1 aromatic rings. The van der Waals surface area contributed by atoms with E-state index >= 15 is 0 Å². The van der Waals surface area contributed by atoms with Gasteiger partial charge in [0.1, 0.15) is 6.34 Å². The number of hydrazone groups is 1. The summed E-state index contributed by atoms with van der Waals surface area (Å²) in [6.45, 7) is 0. The molecule has 7 heteroatoms. The Morgan fingerprint density at radius 1 is 1.47 bits per heavy atom. The van der Waals surface area contributed by atoms with Crippen LogP contribution in [0.25, 0.3) is 0 Å². The Balaban J connectivity index is 2.12. The molecule has 2 rings (SSSR count).